The highest BCUT2D eigenvalue weighted by Gasteiger charge is 2.28. The fourth-order valence-corrected chi connectivity index (χ4v) is 4.29. The summed E-state index contributed by atoms with van der Waals surface area (Å²) < 4.78 is 10.5. The summed E-state index contributed by atoms with van der Waals surface area (Å²) in [5, 5.41) is 3.27. The topological polar surface area (TPSA) is 97.8 Å². The first-order chi connectivity index (χ1) is 17.4. The minimum atomic E-state index is -0.476. The number of esters is 1. The van der Waals surface area contributed by atoms with Crippen molar-refractivity contribution >= 4 is 40.9 Å². The van der Waals surface area contributed by atoms with Gasteiger partial charge in [0.15, 0.2) is 0 Å². The highest BCUT2D eigenvalue weighted by molar-refractivity contribution is 6.30. The van der Waals surface area contributed by atoms with Crippen molar-refractivity contribution in [2.75, 3.05) is 30.5 Å². The molecule has 36 heavy (non-hydrogen) atoms. The number of fused-ring (bicyclic) bond motifs is 1. The minimum Gasteiger partial charge on any atom is -0.467 e. The zero-order valence-electron chi connectivity index (χ0n) is 20.0. The van der Waals surface area contributed by atoms with Gasteiger partial charge < -0.3 is 19.7 Å². The molecule has 1 N–H and O–H groups in total. The summed E-state index contributed by atoms with van der Waals surface area (Å²) in [6.45, 7) is 2.12. The maximum absolute atomic E-state index is 13.5. The van der Waals surface area contributed by atoms with Crippen LogP contribution in [0.3, 0.4) is 0 Å². The molecule has 1 aromatic heterocycles. The van der Waals surface area contributed by atoms with Crippen molar-refractivity contribution in [3.8, 4) is 0 Å². The average molecular weight is 508 g/mol. The van der Waals surface area contributed by atoms with Crippen molar-refractivity contribution in [3.63, 3.8) is 0 Å². The molecule has 9 heteroatoms. The quantitative estimate of drug-likeness (QED) is 0.473. The Bertz CT molecular complexity index is 1280. The summed E-state index contributed by atoms with van der Waals surface area (Å²) in [6.07, 6.45) is 2.30. The molecule has 0 radical (unpaired) electrons. The van der Waals surface area contributed by atoms with Crippen LogP contribution in [0, 0.1) is 6.92 Å². The maximum atomic E-state index is 13.5. The van der Waals surface area contributed by atoms with E-state index in [4.69, 9.17) is 16.3 Å². The smallest absolute Gasteiger partial charge is 0.331 e. The van der Waals surface area contributed by atoms with E-state index < -0.39 is 12.1 Å². The van der Waals surface area contributed by atoms with Crippen LogP contribution in [0.4, 0.5) is 11.5 Å². The van der Waals surface area contributed by atoms with Crippen molar-refractivity contribution in [2.45, 2.75) is 25.9 Å². The molecular formula is C27H26ClN3O5. The number of halogens is 1. The van der Waals surface area contributed by atoms with Gasteiger partial charge >= 0.3 is 5.97 Å². The number of nitrogens with one attached hydrogen (secondary N) is 1. The molecule has 1 atom stereocenters. The van der Waals surface area contributed by atoms with Crippen LogP contribution in [-0.2, 0) is 14.3 Å². The summed E-state index contributed by atoms with van der Waals surface area (Å²) >= 11 is 6.25. The van der Waals surface area contributed by atoms with Crippen molar-refractivity contribution in [3.05, 3.63) is 88.1 Å². The molecule has 2 aromatic carbocycles. The van der Waals surface area contributed by atoms with Crippen LogP contribution in [0.15, 0.2) is 60.8 Å². The number of amides is 2. The number of pyridine rings is 1. The number of benzene rings is 2. The summed E-state index contributed by atoms with van der Waals surface area (Å²) in [5.41, 5.74) is 3.18. The number of nitrogens with zero attached hydrogens (tertiary/aromatic N) is 2. The van der Waals surface area contributed by atoms with E-state index in [2.05, 4.69) is 15.0 Å². The Labute approximate surface area is 214 Å². The van der Waals surface area contributed by atoms with Crippen LogP contribution in [0.1, 0.15) is 50.8 Å². The van der Waals surface area contributed by atoms with Gasteiger partial charge in [0, 0.05) is 34.6 Å². The molecule has 2 amide bonds. The minimum absolute atomic E-state index is 0.194. The largest absolute Gasteiger partial charge is 0.467 e. The Morgan fingerprint density at radius 2 is 1.94 bits per heavy atom. The number of hydrogen-bond donors (Lipinski definition) is 1. The summed E-state index contributed by atoms with van der Waals surface area (Å²) in [6, 6.07) is 15.8. The molecule has 0 bridgehead atoms. The SMILES string of the molecule is COC(=O)COC1CCCN(C(=O)c2ccc(NC(=O)c3ccccc3C)nc2)c2ccc(Cl)cc21. The van der Waals surface area contributed by atoms with Crippen LogP contribution < -0.4 is 10.2 Å². The van der Waals surface area contributed by atoms with Gasteiger partial charge in [-0.3, -0.25) is 9.59 Å². The first-order valence-corrected chi connectivity index (χ1v) is 11.9. The molecule has 8 nitrogen and oxygen atoms in total. The van der Waals surface area contributed by atoms with Gasteiger partial charge in [-0.05, 0) is 61.7 Å². The van der Waals surface area contributed by atoms with Gasteiger partial charge in [0.1, 0.15) is 12.4 Å². The Balaban J connectivity index is 1.53. The van der Waals surface area contributed by atoms with E-state index in [-0.39, 0.29) is 18.4 Å². The van der Waals surface area contributed by atoms with Gasteiger partial charge in [-0.1, -0.05) is 29.8 Å². The first-order valence-electron chi connectivity index (χ1n) is 11.5. The number of anilines is 2. The van der Waals surface area contributed by atoms with Crippen molar-refractivity contribution < 1.29 is 23.9 Å². The van der Waals surface area contributed by atoms with Gasteiger partial charge in [-0.25, -0.2) is 9.78 Å². The molecule has 4 rings (SSSR count). The van der Waals surface area contributed by atoms with Crippen LogP contribution in [0.25, 0.3) is 0 Å². The van der Waals surface area contributed by atoms with E-state index in [1.807, 2.05) is 19.1 Å². The van der Waals surface area contributed by atoms with Crippen LogP contribution >= 0.6 is 11.6 Å². The molecule has 1 aliphatic rings. The zero-order valence-corrected chi connectivity index (χ0v) is 20.7. The third kappa shape index (κ3) is 5.72. The number of carbonyl (C=O) groups is 3. The third-order valence-corrected chi connectivity index (χ3v) is 6.23. The highest BCUT2D eigenvalue weighted by atomic mass is 35.5. The lowest BCUT2D eigenvalue weighted by Crippen LogP contribution is -2.32. The number of ether oxygens (including phenoxy) is 2. The maximum Gasteiger partial charge on any atom is 0.331 e. The second-order valence-electron chi connectivity index (χ2n) is 8.38. The Morgan fingerprint density at radius 3 is 2.67 bits per heavy atom. The van der Waals surface area contributed by atoms with Crippen LogP contribution in [0.2, 0.25) is 5.02 Å². The molecule has 0 saturated heterocycles. The van der Waals surface area contributed by atoms with Gasteiger partial charge in [0.2, 0.25) is 0 Å². The number of hydrogen-bond acceptors (Lipinski definition) is 6. The van der Waals surface area contributed by atoms with Crippen LogP contribution in [-0.4, -0.2) is 43.0 Å². The van der Waals surface area contributed by atoms with E-state index >= 15 is 0 Å². The zero-order chi connectivity index (χ0) is 25.7. The van der Waals surface area contributed by atoms with E-state index in [1.54, 1.807) is 47.4 Å². The number of carbonyl (C=O) groups excluding carboxylic acids is 3. The number of rotatable bonds is 6. The van der Waals surface area contributed by atoms with Gasteiger partial charge in [-0.15, -0.1) is 0 Å². The standard InChI is InChI=1S/C27H26ClN3O5/c1-17-6-3-4-7-20(17)26(33)30-24-12-9-18(15-29-24)27(34)31-13-5-8-23(36-16-25(32)35-2)21-14-19(28)10-11-22(21)31/h3-4,6-7,9-12,14-15,23H,5,8,13,16H2,1-2H3,(H,29,30,33). The molecule has 3 aromatic rings. The Kier molecular flexibility index (Phi) is 7.97. The molecule has 1 unspecified atom stereocenters. The van der Waals surface area contributed by atoms with Gasteiger partial charge in [0.05, 0.1) is 18.8 Å². The molecule has 0 saturated carbocycles. The van der Waals surface area contributed by atoms with E-state index in [9.17, 15) is 14.4 Å². The molecule has 2 heterocycles. The second-order valence-corrected chi connectivity index (χ2v) is 8.82. The second kappa shape index (κ2) is 11.3. The number of aryl methyl sites for hydroxylation is 1. The predicted molar refractivity (Wildman–Crippen MR) is 136 cm³/mol. The van der Waals surface area contributed by atoms with Crippen molar-refractivity contribution in [1.29, 1.82) is 0 Å². The molecule has 0 fully saturated rings. The fourth-order valence-electron chi connectivity index (χ4n) is 4.11. The molecular weight excluding hydrogens is 482 g/mol. The lowest BCUT2D eigenvalue weighted by molar-refractivity contribution is -0.148. The average Bonchev–Trinajstić information content (AvgIpc) is 3.06. The molecule has 0 spiro atoms. The van der Waals surface area contributed by atoms with E-state index in [0.717, 1.165) is 11.1 Å². The van der Waals surface area contributed by atoms with Gasteiger partial charge in [0.25, 0.3) is 11.8 Å². The normalized spacial score (nSPS) is 15.0. The number of aromatic nitrogens is 1. The third-order valence-electron chi connectivity index (χ3n) is 5.99. The van der Waals surface area contributed by atoms with Gasteiger partial charge in [-0.2, -0.15) is 0 Å². The molecule has 0 aliphatic carbocycles. The summed E-state index contributed by atoms with van der Waals surface area (Å²) in [7, 11) is 1.30. The highest BCUT2D eigenvalue weighted by Crippen LogP contribution is 2.37. The number of methoxy groups -OCH3 is 1. The lowest BCUT2D eigenvalue weighted by atomic mass is 10.0. The Morgan fingerprint density at radius 1 is 1.14 bits per heavy atom. The van der Waals surface area contributed by atoms with E-state index in [0.29, 0.717) is 47.0 Å². The monoisotopic (exact) mass is 507 g/mol. The Hall–Kier alpha value is -3.75. The van der Waals surface area contributed by atoms with Crippen molar-refractivity contribution in [2.24, 2.45) is 0 Å². The lowest BCUT2D eigenvalue weighted by Gasteiger charge is -2.24. The molecule has 186 valence electrons. The predicted octanol–water partition coefficient (Wildman–Crippen LogP) is 4.97. The first kappa shape index (κ1) is 25.3. The summed E-state index contributed by atoms with van der Waals surface area (Å²) in [4.78, 5) is 43.6. The fraction of sp³-hybridized carbons (Fsp3) is 0.259. The molecule has 1 aliphatic heterocycles. The summed E-state index contributed by atoms with van der Waals surface area (Å²) in [5.74, 6) is -0.636. The van der Waals surface area contributed by atoms with Crippen LogP contribution in [0.5, 0.6) is 0 Å². The van der Waals surface area contributed by atoms with E-state index in [1.165, 1.54) is 13.3 Å². The van der Waals surface area contributed by atoms with Crippen molar-refractivity contribution in [1.82, 2.24) is 4.98 Å².